The van der Waals surface area contributed by atoms with E-state index < -0.39 is 5.82 Å². The second-order valence-electron chi connectivity index (χ2n) is 3.82. The molecular formula is C13H12F2N2. The number of aryl methyl sites for hydroxylation is 1. The fourth-order valence-corrected chi connectivity index (χ4v) is 1.47. The van der Waals surface area contributed by atoms with Crippen molar-refractivity contribution in [2.45, 2.75) is 6.92 Å². The Morgan fingerprint density at radius 1 is 1.06 bits per heavy atom. The summed E-state index contributed by atoms with van der Waals surface area (Å²) in [5, 5.41) is 2.94. The van der Waals surface area contributed by atoms with Crippen LogP contribution in [0.15, 0.2) is 36.4 Å². The maximum atomic E-state index is 13.3. The van der Waals surface area contributed by atoms with Gasteiger partial charge in [0.25, 0.3) is 0 Å². The highest BCUT2D eigenvalue weighted by Crippen LogP contribution is 2.24. The topological polar surface area (TPSA) is 38.0 Å². The molecule has 0 radical (unpaired) electrons. The highest BCUT2D eigenvalue weighted by molar-refractivity contribution is 5.72. The lowest BCUT2D eigenvalue weighted by Crippen LogP contribution is -1.97. The number of anilines is 3. The number of benzene rings is 2. The van der Waals surface area contributed by atoms with Crippen molar-refractivity contribution in [2.24, 2.45) is 0 Å². The molecule has 0 heterocycles. The van der Waals surface area contributed by atoms with Gasteiger partial charge in [-0.25, -0.2) is 8.78 Å². The fraction of sp³-hybridized carbons (Fsp3) is 0.0769. The normalized spacial score (nSPS) is 10.3. The Morgan fingerprint density at radius 2 is 1.82 bits per heavy atom. The Kier molecular flexibility index (Phi) is 2.95. The van der Waals surface area contributed by atoms with Crippen LogP contribution in [-0.2, 0) is 0 Å². The van der Waals surface area contributed by atoms with Gasteiger partial charge in [0.2, 0.25) is 0 Å². The van der Waals surface area contributed by atoms with E-state index in [0.29, 0.717) is 16.9 Å². The summed E-state index contributed by atoms with van der Waals surface area (Å²) in [6.45, 7) is 1.69. The molecule has 0 unspecified atom stereocenters. The molecule has 2 nitrogen and oxygen atoms in total. The quantitative estimate of drug-likeness (QED) is 0.779. The van der Waals surface area contributed by atoms with Gasteiger partial charge in [-0.1, -0.05) is 6.07 Å². The lowest BCUT2D eigenvalue weighted by atomic mass is 10.2. The Hall–Kier alpha value is -2.10. The van der Waals surface area contributed by atoms with Gasteiger partial charge in [0.15, 0.2) is 0 Å². The van der Waals surface area contributed by atoms with Crippen LogP contribution < -0.4 is 11.1 Å². The molecule has 0 aliphatic carbocycles. The third-order valence-corrected chi connectivity index (χ3v) is 2.46. The van der Waals surface area contributed by atoms with E-state index in [1.807, 2.05) is 0 Å². The van der Waals surface area contributed by atoms with Crippen molar-refractivity contribution >= 4 is 17.1 Å². The molecule has 0 bridgehead atoms. The minimum Gasteiger partial charge on any atom is -0.397 e. The Balaban J connectivity index is 2.28. The monoisotopic (exact) mass is 234 g/mol. The summed E-state index contributed by atoms with van der Waals surface area (Å²) in [5.41, 5.74) is 7.62. The van der Waals surface area contributed by atoms with Crippen LogP contribution in [0.5, 0.6) is 0 Å². The summed E-state index contributed by atoms with van der Waals surface area (Å²) in [6.07, 6.45) is 0. The van der Waals surface area contributed by atoms with Gasteiger partial charge in [0.1, 0.15) is 11.6 Å². The summed E-state index contributed by atoms with van der Waals surface area (Å²) in [7, 11) is 0. The molecule has 0 aliphatic rings. The number of hydrogen-bond donors (Lipinski definition) is 2. The number of nitrogens with one attached hydrogen (secondary N) is 1. The summed E-state index contributed by atoms with van der Waals surface area (Å²) in [6, 6.07) is 8.80. The highest BCUT2D eigenvalue weighted by Gasteiger charge is 2.03. The van der Waals surface area contributed by atoms with Crippen LogP contribution in [0.1, 0.15) is 5.56 Å². The SMILES string of the molecule is Cc1ccc(Nc2ccc(F)cc2N)cc1F. The van der Waals surface area contributed by atoms with Crippen molar-refractivity contribution in [2.75, 3.05) is 11.1 Å². The van der Waals surface area contributed by atoms with Gasteiger partial charge >= 0.3 is 0 Å². The summed E-state index contributed by atoms with van der Waals surface area (Å²) in [5.74, 6) is -0.696. The van der Waals surface area contributed by atoms with E-state index in [0.717, 1.165) is 0 Å². The summed E-state index contributed by atoms with van der Waals surface area (Å²) in [4.78, 5) is 0. The minimum atomic E-state index is -0.400. The van der Waals surface area contributed by atoms with Crippen molar-refractivity contribution in [3.63, 3.8) is 0 Å². The first kappa shape index (κ1) is 11.4. The summed E-state index contributed by atoms with van der Waals surface area (Å²) >= 11 is 0. The van der Waals surface area contributed by atoms with Crippen molar-refractivity contribution in [3.05, 3.63) is 53.6 Å². The first-order valence-corrected chi connectivity index (χ1v) is 5.14. The molecule has 88 valence electrons. The number of nitrogens with two attached hydrogens (primary N) is 1. The molecule has 3 N–H and O–H groups in total. The predicted molar refractivity (Wildman–Crippen MR) is 65.2 cm³/mol. The molecule has 0 saturated heterocycles. The van der Waals surface area contributed by atoms with Crippen LogP contribution in [0.25, 0.3) is 0 Å². The molecule has 4 heteroatoms. The highest BCUT2D eigenvalue weighted by atomic mass is 19.1. The molecule has 17 heavy (non-hydrogen) atoms. The van der Waals surface area contributed by atoms with Crippen LogP contribution in [0.3, 0.4) is 0 Å². The van der Waals surface area contributed by atoms with Crippen molar-refractivity contribution in [1.82, 2.24) is 0 Å². The first-order valence-electron chi connectivity index (χ1n) is 5.14. The molecule has 2 aromatic carbocycles. The van der Waals surface area contributed by atoms with E-state index >= 15 is 0 Å². The van der Waals surface area contributed by atoms with Gasteiger partial charge < -0.3 is 11.1 Å². The Bertz CT molecular complexity index is 553. The lowest BCUT2D eigenvalue weighted by molar-refractivity contribution is 0.619. The molecule has 0 saturated carbocycles. The second-order valence-corrected chi connectivity index (χ2v) is 3.82. The predicted octanol–water partition coefficient (Wildman–Crippen LogP) is 3.60. The van der Waals surface area contributed by atoms with E-state index in [1.54, 1.807) is 19.1 Å². The van der Waals surface area contributed by atoms with Gasteiger partial charge in [0.05, 0.1) is 11.4 Å². The van der Waals surface area contributed by atoms with E-state index in [-0.39, 0.29) is 11.5 Å². The van der Waals surface area contributed by atoms with Crippen molar-refractivity contribution < 1.29 is 8.78 Å². The maximum Gasteiger partial charge on any atom is 0.128 e. The van der Waals surface area contributed by atoms with Crippen LogP contribution in [0.2, 0.25) is 0 Å². The van der Waals surface area contributed by atoms with Crippen LogP contribution >= 0.6 is 0 Å². The zero-order valence-corrected chi connectivity index (χ0v) is 9.30. The van der Waals surface area contributed by atoms with Crippen molar-refractivity contribution in [1.29, 1.82) is 0 Å². The second kappa shape index (κ2) is 4.41. The molecule has 0 aliphatic heterocycles. The number of nitrogen functional groups attached to an aromatic ring is 1. The Morgan fingerprint density at radius 3 is 2.47 bits per heavy atom. The molecule has 0 aromatic heterocycles. The number of hydrogen-bond acceptors (Lipinski definition) is 2. The van der Waals surface area contributed by atoms with Gasteiger partial charge in [-0.3, -0.25) is 0 Å². The third kappa shape index (κ3) is 2.53. The molecule has 0 atom stereocenters. The summed E-state index contributed by atoms with van der Waals surface area (Å²) < 4.78 is 26.2. The zero-order chi connectivity index (χ0) is 12.4. The maximum absolute atomic E-state index is 13.3. The molecule has 0 amide bonds. The van der Waals surface area contributed by atoms with Gasteiger partial charge in [-0.15, -0.1) is 0 Å². The number of halogens is 2. The van der Waals surface area contributed by atoms with Gasteiger partial charge in [0, 0.05) is 5.69 Å². The molecule has 2 aromatic rings. The van der Waals surface area contributed by atoms with Crippen LogP contribution in [0.4, 0.5) is 25.8 Å². The molecule has 0 fully saturated rings. The Labute approximate surface area is 98.1 Å². The van der Waals surface area contributed by atoms with Crippen LogP contribution in [0, 0.1) is 18.6 Å². The fourth-order valence-electron chi connectivity index (χ4n) is 1.47. The van der Waals surface area contributed by atoms with E-state index in [4.69, 9.17) is 5.73 Å². The minimum absolute atomic E-state index is 0.283. The zero-order valence-electron chi connectivity index (χ0n) is 9.30. The largest absolute Gasteiger partial charge is 0.397 e. The van der Waals surface area contributed by atoms with Crippen molar-refractivity contribution in [3.8, 4) is 0 Å². The van der Waals surface area contributed by atoms with E-state index in [9.17, 15) is 8.78 Å². The van der Waals surface area contributed by atoms with Gasteiger partial charge in [-0.2, -0.15) is 0 Å². The lowest BCUT2D eigenvalue weighted by Gasteiger charge is -2.10. The van der Waals surface area contributed by atoms with E-state index in [1.165, 1.54) is 24.3 Å². The van der Waals surface area contributed by atoms with E-state index in [2.05, 4.69) is 5.32 Å². The average molecular weight is 234 g/mol. The number of rotatable bonds is 2. The third-order valence-electron chi connectivity index (χ3n) is 2.46. The first-order chi connectivity index (χ1) is 8.06. The smallest absolute Gasteiger partial charge is 0.128 e. The molecule has 2 rings (SSSR count). The average Bonchev–Trinajstić information content (AvgIpc) is 2.27. The molecular weight excluding hydrogens is 222 g/mol. The van der Waals surface area contributed by atoms with Gasteiger partial charge in [-0.05, 0) is 42.8 Å². The van der Waals surface area contributed by atoms with Crippen LogP contribution in [-0.4, -0.2) is 0 Å². The standard InChI is InChI=1S/C13H12F2N2/c1-8-2-4-10(7-11(8)15)17-13-5-3-9(14)6-12(13)16/h2-7,17H,16H2,1H3. The molecule has 0 spiro atoms.